The number of anilines is 1. The maximum Gasteiger partial charge on any atom is 0.339 e. The van der Waals surface area contributed by atoms with Gasteiger partial charge in [-0.3, -0.25) is 9.48 Å². The highest BCUT2D eigenvalue weighted by molar-refractivity contribution is 6.06. The van der Waals surface area contributed by atoms with Gasteiger partial charge in [0.15, 0.2) is 0 Å². The minimum absolute atomic E-state index is 0.0840. The highest BCUT2D eigenvalue weighted by Crippen LogP contribution is 2.48. The van der Waals surface area contributed by atoms with E-state index in [0.29, 0.717) is 11.3 Å². The van der Waals surface area contributed by atoms with Gasteiger partial charge in [0.2, 0.25) is 5.91 Å². The van der Waals surface area contributed by atoms with Crippen molar-refractivity contribution in [3.05, 3.63) is 59.9 Å². The number of benzene rings is 2. The van der Waals surface area contributed by atoms with Gasteiger partial charge < -0.3 is 10.1 Å². The fourth-order valence-corrected chi connectivity index (χ4v) is 3.33. The van der Waals surface area contributed by atoms with Gasteiger partial charge in [-0.15, -0.1) is 0 Å². The first-order valence-electron chi connectivity index (χ1n) is 8.47. The molecule has 0 spiro atoms. The molecule has 132 valence electrons. The number of aryl methyl sites for hydroxylation is 1. The van der Waals surface area contributed by atoms with Crippen LogP contribution in [0.4, 0.5) is 5.69 Å². The Balaban J connectivity index is 1.60. The molecule has 1 aliphatic carbocycles. The highest BCUT2D eigenvalue weighted by Gasteiger charge is 2.44. The lowest BCUT2D eigenvalue weighted by Gasteiger charge is -2.11. The summed E-state index contributed by atoms with van der Waals surface area (Å²) in [5.74, 6) is -0.466. The van der Waals surface area contributed by atoms with Crippen LogP contribution in [0.3, 0.4) is 0 Å². The summed E-state index contributed by atoms with van der Waals surface area (Å²) >= 11 is 0. The van der Waals surface area contributed by atoms with Crippen molar-refractivity contribution >= 4 is 28.3 Å². The largest absolute Gasteiger partial charge is 0.465 e. The fourth-order valence-electron chi connectivity index (χ4n) is 3.33. The van der Waals surface area contributed by atoms with E-state index in [9.17, 15) is 9.59 Å². The predicted molar refractivity (Wildman–Crippen MR) is 98.0 cm³/mol. The normalized spacial score (nSPS) is 18.5. The van der Waals surface area contributed by atoms with Crippen molar-refractivity contribution in [2.45, 2.75) is 12.3 Å². The lowest BCUT2D eigenvalue weighted by molar-refractivity contribution is -0.117. The third-order valence-electron chi connectivity index (χ3n) is 4.83. The Morgan fingerprint density at radius 2 is 1.96 bits per heavy atom. The zero-order valence-electron chi connectivity index (χ0n) is 14.6. The molecule has 0 radical (unpaired) electrons. The van der Waals surface area contributed by atoms with E-state index >= 15 is 0 Å². The Bertz CT molecular complexity index is 1010. The topological polar surface area (TPSA) is 73.2 Å². The number of amides is 1. The molecule has 26 heavy (non-hydrogen) atoms. The van der Waals surface area contributed by atoms with E-state index in [1.165, 1.54) is 7.11 Å². The van der Waals surface area contributed by atoms with Crippen LogP contribution >= 0.6 is 0 Å². The quantitative estimate of drug-likeness (QED) is 0.735. The second-order valence-electron chi connectivity index (χ2n) is 6.62. The van der Waals surface area contributed by atoms with E-state index in [-0.39, 0.29) is 17.7 Å². The molecule has 0 saturated heterocycles. The Morgan fingerprint density at radius 1 is 1.23 bits per heavy atom. The SMILES string of the molecule is COC(=O)c1cc2ccccc2cc1NC(=O)[C@H]1C[C@@H]1c1cnn(C)c1. The molecule has 1 saturated carbocycles. The van der Waals surface area contributed by atoms with E-state index < -0.39 is 5.97 Å². The first-order chi connectivity index (χ1) is 12.6. The molecule has 0 bridgehead atoms. The molecule has 1 N–H and O–H groups in total. The number of rotatable bonds is 4. The fraction of sp³-hybridized carbons (Fsp3) is 0.250. The van der Waals surface area contributed by atoms with E-state index in [4.69, 9.17) is 4.74 Å². The summed E-state index contributed by atoms with van der Waals surface area (Å²) < 4.78 is 6.61. The van der Waals surface area contributed by atoms with Crippen molar-refractivity contribution in [3.63, 3.8) is 0 Å². The number of hydrogen-bond donors (Lipinski definition) is 1. The second kappa shape index (κ2) is 6.29. The number of methoxy groups -OCH3 is 1. The van der Waals surface area contributed by atoms with Crippen molar-refractivity contribution in [2.75, 3.05) is 12.4 Å². The maximum absolute atomic E-state index is 12.7. The van der Waals surface area contributed by atoms with Crippen LogP contribution in [-0.4, -0.2) is 28.8 Å². The van der Waals surface area contributed by atoms with Crippen molar-refractivity contribution in [1.82, 2.24) is 9.78 Å². The van der Waals surface area contributed by atoms with Crippen LogP contribution in [0.2, 0.25) is 0 Å². The Morgan fingerprint density at radius 3 is 2.62 bits per heavy atom. The van der Waals surface area contributed by atoms with E-state index in [1.807, 2.05) is 43.6 Å². The molecule has 0 aliphatic heterocycles. The number of fused-ring (bicyclic) bond motifs is 1. The molecule has 0 unspecified atom stereocenters. The van der Waals surface area contributed by atoms with Crippen molar-refractivity contribution in [1.29, 1.82) is 0 Å². The van der Waals surface area contributed by atoms with Crippen molar-refractivity contribution in [3.8, 4) is 0 Å². The number of carbonyl (C=O) groups excluding carboxylic acids is 2. The van der Waals surface area contributed by atoms with Gasteiger partial charge in [-0.1, -0.05) is 24.3 Å². The van der Waals surface area contributed by atoms with Crippen molar-refractivity contribution in [2.24, 2.45) is 13.0 Å². The molecule has 4 rings (SSSR count). The smallest absolute Gasteiger partial charge is 0.339 e. The van der Waals surface area contributed by atoms with Gasteiger partial charge in [-0.25, -0.2) is 4.79 Å². The predicted octanol–water partition coefficient (Wildman–Crippen LogP) is 3.10. The molecule has 6 heteroatoms. The lowest BCUT2D eigenvalue weighted by Crippen LogP contribution is -2.17. The third kappa shape index (κ3) is 2.94. The van der Waals surface area contributed by atoms with E-state index in [2.05, 4.69) is 10.4 Å². The first-order valence-corrected chi connectivity index (χ1v) is 8.47. The van der Waals surface area contributed by atoms with Crippen LogP contribution in [0, 0.1) is 5.92 Å². The molecule has 1 aromatic heterocycles. The van der Waals surface area contributed by atoms with Crippen LogP contribution in [0.1, 0.15) is 28.3 Å². The second-order valence-corrected chi connectivity index (χ2v) is 6.62. The standard InChI is InChI=1S/C20H19N3O3/c1-23-11-14(10-21-23)15-9-16(15)19(24)22-18-8-13-6-4-3-5-12(13)7-17(18)20(25)26-2/h3-8,10-11,15-16H,9H2,1-2H3,(H,22,24)/t15-,16+/m1/s1. The number of carbonyl (C=O) groups is 2. The summed E-state index contributed by atoms with van der Waals surface area (Å²) in [6.45, 7) is 0. The monoisotopic (exact) mass is 349 g/mol. The van der Waals surface area contributed by atoms with Crippen LogP contribution < -0.4 is 5.32 Å². The molecule has 1 fully saturated rings. The Kier molecular flexibility index (Phi) is 3.95. The molecule has 6 nitrogen and oxygen atoms in total. The van der Waals surface area contributed by atoms with E-state index in [0.717, 1.165) is 22.8 Å². The first kappa shape index (κ1) is 16.3. The number of esters is 1. The lowest BCUT2D eigenvalue weighted by atomic mass is 10.0. The van der Waals surface area contributed by atoms with Gasteiger partial charge in [-0.05, 0) is 40.8 Å². The molecule has 2 aromatic carbocycles. The molecule has 1 amide bonds. The minimum atomic E-state index is -0.467. The van der Waals surface area contributed by atoms with Gasteiger partial charge in [0.25, 0.3) is 0 Å². The van der Waals surface area contributed by atoms with Gasteiger partial charge >= 0.3 is 5.97 Å². The number of nitrogens with zero attached hydrogens (tertiary/aromatic N) is 2. The van der Waals surface area contributed by atoms with Crippen LogP contribution in [0.25, 0.3) is 10.8 Å². The minimum Gasteiger partial charge on any atom is -0.465 e. The van der Waals surface area contributed by atoms with Crippen LogP contribution in [0.5, 0.6) is 0 Å². The number of hydrogen-bond acceptors (Lipinski definition) is 4. The van der Waals surface area contributed by atoms with Gasteiger partial charge in [0, 0.05) is 19.2 Å². The number of aromatic nitrogens is 2. The van der Waals surface area contributed by atoms with E-state index in [1.54, 1.807) is 16.9 Å². The van der Waals surface area contributed by atoms with Gasteiger partial charge in [0.1, 0.15) is 0 Å². The highest BCUT2D eigenvalue weighted by atomic mass is 16.5. The molecule has 3 aromatic rings. The summed E-state index contributed by atoms with van der Waals surface area (Å²) in [5, 5.41) is 8.96. The summed E-state index contributed by atoms with van der Waals surface area (Å²) in [6.07, 6.45) is 4.53. The molecular weight excluding hydrogens is 330 g/mol. The summed E-state index contributed by atoms with van der Waals surface area (Å²) in [5.41, 5.74) is 1.91. The van der Waals surface area contributed by atoms with Gasteiger partial charge in [0.05, 0.1) is 24.6 Å². The molecule has 1 heterocycles. The average Bonchev–Trinajstić information content (AvgIpc) is 3.34. The molecule has 1 aliphatic rings. The number of nitrogens with one attached hydrogen (secondary N) is 1. The molecule has 2 atom stereocenters. The van der Waals surface area contributed by atoms with Crippen LogP contribution in [0.15, 0.2) is 48.8 Å². The van der Waals surface area contributed by atoms with Crippen molar-refractivity contribution < 1.29 is 14.3 Å². The summed E-state index contributed by atoms with van der Waals surface area (Å²) in [6, 6.07) is 11.3. The average molecular weight is 349 g/mol. The Labute approximate surface area is 150 Å². The Hall–Kier alpha value is -3.15. The summed E-state index contributed by atoms with van der Waals surface area (Å²) in [4.78, 5) is 24.8. The molecular formula is C20H19N3O3. The maximum atomic E-state index is 12.7. The summed E-state index contributed by atoms with van der Waals surface area (Å²) in [7, 11) is 3.20. The number of ether oxygens (including phenoxy) is 1. The zero-order chi connectivity index (χ0) is 18.3. The van der Waals surface area contributed by atoms with Crippen LogP contribution in [-0.2, 0) is 16.6 Å². The van der Waals surface area contributed by atoms with Gasteiger partial charge in [-0.2, -0.15) is 5.10 Å². The third-order valence-corrected chi connectivity index (χ3v) is 4.83. The zero-order valence-corrected chi connectivity index (χ0v) is 14.6.